The predicted molar refractivity (Wildman–Crippen MR) is 80.5 cm³/mol. The molecule has 0 radical (unpaired) electrons. The fourth-order valence-corrected chi connectivity index (χ4v) is 2.22. The summed E-state index contributed by atoms with van der Waals surface area (Å²) in [6, 6.07) is 14.6. The normalized spacial score (nSPS) is 12.8. The van der Waals surface area contributed by atoms with Gasteiger partial charge in [0.05, 0.1) is 0 Å². The Morgan fingerprint density at radius 1 is 0.950 bits per heavy atom. The summed E-state index contributed by atoms with van der Waals surface area (Å²) in [5.41, 5.74) is 4.08. The highest BCUT2D eigenvalue weighted by Crippen LogP contribution is 2.22. The van der Waals surface area contributed by atoms with Crippen LogP contribution in [-0.4, -0.2) is 0 Å². The van der Waals surface area contributed by atoms with Gasteiger partial charge in [0.2, 0.25) is 0 Å². The van der Waals surface area contributed by atoms with Crippen LogP contribution in [0.1, 0.15) is 16.7 Å². The van der Waals surface area contributed by atoms with Crippen molar-refractivity contribution in [1.82, 2.24) is 0 Å². The lowest BCUT2D eigenvalue weighted by atomic mass is 9.99. The molecule has 0 amide bonds. The molecule has 96 valence electrons. The van der Waals surface area contributed by atoms with E-state index in [1.807, 2.05) is 30.4 Å². The maximum absolute atomic E-state index is 13.1. The van der Waals surface area contributed by atoms with Gasteiger partial charge in [-0.3, -0.25) is 0 Å². The van der Waals surface area contributed by atoms with Crippen molar-refractivity contribution in [3.8, 4) is 11.8 Å². The molecule has 0 aromatic heterocycles. The highest BCUT2D eigenvalue weighted by molar-refractivity contribution is 5.83. The maximum atomic E-state index is 13.1. The second-order valence-corrected chi connectivity index (χ2v) is 4.63. The van der Waals surface area contributed by atoms with Crippen molar-refractivity contribution < 1.29 is 4.39 Å². The van der Waals surface area contributed by atoms with E-state index < -0.39 is 0 Å². The van der Waals surface area contributed by atoms with E-state index >= 15 is 0 Å². The van der Waals surface area contributed by atoms with Crippen molar-refractivity contribution in [3.63, 3.8) is 0 Å². The highest BCUT2D eigenvalue weighted by Gasteiger charge is 2.05. The fourth-order valence-electron chi connectivity index (χ4n) is 2.22. The number of fused-ring (bicyclic) bond motifs is 1. The van der Waals surface area contributed by atoms with Gasteiger partial charge >= 0.3 is 0 Å². The van der Waals surface area contributed by atoms with Crippen LogP contribution in [0, 0.1) is 17.7 Å². The van der Waals surface area contributed by atoms with E-state index in [1.54, 1.807) is 6.07 Å². The van der Waals surface area contributed by atoms with Crippen LogP contribution in [0.2, 0.25) is 0 Å². The van der Waals surface area contributed by atoms with Gasteiger partial charge in [-0.1, -0.05) is 54.3 Å². The van der Waals surface area contributed by atoms with E-state index in [-0.39, 0.29) is 5.82 Å². The zero-order chi connectivity index (χ0) is 13.8. The second kappa shape index (κ2) is 5.59. The average molecular weight is 260 g/mol. The smallest absolute Gasteiger partial charge is 0.124 e. The SMILES string of the molecule is Fc1cccc(C#CC2=CC=CCc3ccccc32)c1. The summed E-state index contributed by atoms with van der Waals surface area (Å²) in [6.07, 6.45) is 7.07. The Bertz CT molecular complexity index is 755. The summed E-state index contributed by atoms with van der Waals surface area (Å²) < 4.78 is 13.1. The monoisotopic (exact) mass is 260 g/mol. The molecule has 3 rings (SSSR count). The Morgan fingerprint density at radius 3 is 2.75 bits per heavy atom. The van der Waals surface area contributed by atoms with Gasteiger partial charge in [0.25, 0.3) is 0 Å². The molecule has 1 aliphatic rings. The van der Waals surface area contributed by atoms with E-state index in [1.165, 1.54) is 17.7 Å². The molecule has 0 bridgehead atoms. The van der Waals surface area contributed by atoms with Crippen LogP contribution in [-0.2, 0) is 6.42 Å². The molecule has 0 spiro atoms. The van der Waals surface area contributed by atoms with Crippen molar-refractivity contribution in [2.24, 2.45) is 0 Å². The maximum Gasteiger partial charge on any atom is 0.124 e. The van der Waals surface area contributed by atoms with E-state index in [0.717, 1.165) is 17.6 Å². The van der Waals surface area contributed by atoms with Gasteiger partial charge in [-0.05, 0) is 41.8 Å². The van der Waals surface area contributed by atoms with Crippen molar-refractivity contribution in [1.29, 1.82) is 0 Å². The first-order valence-corrected chi connectivity index (χ1v) is 6.55. The third-order valence-corrected chi connectivity index (χ3v) is 3.21. The first-order chi connectivity index (χ1) is 9.83. The second-order valence-electron chi connectivity index (χ2n) is 4.63. The van der Waals surface area contributed by atoms with E-state index in [2.05, 4.69) is 30.0 Å². The summed E-state index contributed by atoms with van der Waals surface area (Å²) in [6.45, 7) is 0. The van der Waals surface area contributed by atoms with Crippen LogP contribution in [0.5, 0.6) is 0 Å². The molecule has 1 aliphatic carbocycles. The minimum Gasteiger partial charge on any atom is -0.207 e. The molecule has 0 saturated carbocycles. The summed E-state index contributed by atoms with van der Waals surface area (Å²) >= 11 is 0. The zero-order valence-electron chi connectivity index (χ0n) is 10.9. The number of halogens is 1. The number of hydrogen-bond acceptors (Lipinski definition) is 0. The van der Waals surface area contributed by atoms with Crippen LogP contribution in [0.4, 0.5) is 4.39 Å². The molecule has 1 heteroatoms. The molecule has 0 atom stereocenters. The fraction of sp³-hybridized carbons (Fsp3) is 0.0526. The van der Waals surface area contributed by atoms with Gasteiger partial charge < -0.3 is 0 Å². The standard InChI is InChI=1S/C19H13F/c20-18-10-5-6-15(14-18)12-13-17-9-2-1-7-16-8-3-4-11-19(16)17/h1-6,8-11,14H,7H2. The Labute approximate surface area is 118 Å². The van der Waals surface area contributed by atoms with Gasteiger partial charge in [0.1, 0.15) is 5.82 Å². The minimum absolute atomic E-state index is 0.257. The first-order valence-electron chi connectivity index (χ1n) is 6.55. The van der Waals surface area contributed by atoms with Gasteiger partial charge in [-0.2, -0.15) is 0 Å². The molecular formula is C19H13F. The quantitative estimate of drug-likeness (QED) is 0.617. The van der Waals surface area contributed by atoms with Crippen molar-refractivity contribution >= 4 is 5.57 Å². The number of allylic oxidation sites excluding steroid dienone is 4. The molecular weight excluding hydrogens is 247 g/mol. The lowest BCUT2D eigenvalue weighted by molar-refractivity contribution is 0.627. The van der Waals surface area contributed by atoms with E-state index in [9.17, 15) is 4.39 Å². The van der Waals surface area contributed by atoms with Crippen LogP contribution in [0.25, 0.3) is 5.57 Å². The number of hydrogen-bond donors (Lipinski definition) is 0. The Hall–Kier alpha value is -2.59. The van der Waals surface area contributed by atoms with Crippen LogP contribution in [0.15, 0.2) is 66.8 Å². The topological polar surface area (TPSA) is 0 Å². The molecule has 0 nitrogen and oxygen atoms in total. The average Bonchev–Trinajstić information content (AvgIpc) is 2.67. The van der Waals surface area contributed by atoms with Crippen molar-refractivity contribution in [2.45, 2.75) is 6.42 Å². The molecule has 0 unspecified atom stereocenters. The molecule has 0 aliphatic heterocycles. The Kier molecular flexibility index (Phi) is 3.48. The lowest BCUT2D eigenvalue weighted by Crippen LogP contribution is -1.89. The number of benzene rings is 2. The van der Waals surface area contributed by atoms with Crippen molar-refractivity contribution in [2.75, 3.05) is 0 Å². The van der Waals surface area contributed by atoms with Gasteiger partial charge in [0.15, 0.2) is 0 Å². The molecule has 0 saturated heterocycles. The van der Waals surface area contributed by atoms with Crippen LogP contribution >= 0.6 is 0 Å². The largest absolute Gasteiger partial charge is 0.207 e. The van der Waals surface area contributed by atoms with Gasteiger partial charge in [-0.15, -0.1) is 0 Å². The van der Waals surface area contributed by atoms with Crippen LogP contribution in [0.3, 0.4) is 0 Å². The van der Waals surface area contributed by atoms with Gasteiger partial charge in [-0.25, -0.2) is 4.39 Å². The highest BCUT2D eigenvalue weighted by atomic mass is 19.1. The molecule has 2 aromatic rings. The summed E-state index contributed by atoms with van der Waals surface area (Å²) in [5, 5.41) is 0. The van der Waals surface area contributed by atoms with Gasteiger partial charge in [0, 0.05) is 11.1 Å². The van der Waals surface area contributed by atoms with E-state index in [4.69, 9.17) is 0 Å². The van der Waals surface area contributed by atoms with Crippen molar-refractivity contribution in [3.05, 3.63) is 89.3 Å². The third-order valence-electron chi connectivity index (χ3n) is 3.21. The Balaban J connectivity index is 2.00. The summed E-state index contributed by atoms with van der Waals surface area (Å²) in [5.74, 6) is 5.93. The molecule has 0 fully saturated rings. The van der Waals surface area contributed by atoms with Crippen LogP contribution < -0.4 is 0 Å². The lowest BCUT2D eigenvalue weighted by Gasteiger charge is -2.04. The molecule has 0 heterocycles. The summed E-state index contributed by atoms with van der Waals surface area (Å²) in [7, 11) is 0. The molecule has 20 heavy (non-hydrogen) atoms. The number of rotatable bonds is 0. The molecule has 2 aromatic carbocycles. The van der Waals surface area contributed by atoms with E-state index in [0.29, 0.717) is 5.56 Å². The minimum atomic E-state index is -0.257. The third kappa shape index (κ3) is 2.70. The zero-order valence-corrected chi connectivity index (χ0v) is 10.9. The Morgan fingerprint density at radius 2 is 1.85 bits per heavy atom. The predicted octanol–water partition coefficient (Wildman–Crippen LogP) is 4.37. The molecule has 0 N–H and O–H groups in total. The first kappa shape index (κ1) is 12.4. The summed E-state index contributed by atoms with van der Waals surface area (Å²) in [4.78, 5) is 0.